The summed E-state index contributed by atoms with van der Waals surface area (Å²) in [4.78, 5) is 16.1. The average molecular weight is 832 g/mol. The van der Waals surface area contributed by atoms with Gasteiger partial charge in [-0.2, -0.15) is 0 Å². The van der Waals surface area contributed by atoms with Gasteiger partial charge in [0, 0.05) is 32.8 Å². The summed E-state index contributed by atoms with van der Waals surface area (Å²) in [6.45, 7) is 0. The predicted molar refractivity (Wildman–Crippen MR) is 265 cm³/mol. The third kappa shape index (κ3) is 5.99. The second-order valence-corrected chi connectivity index (χ2v) is 16.4. The van der Waals surface area contributed by atoms with Crippen molar-refractivity contribution in [2.45, 2.75) is 0 Å². The molecule has 0 radical (unpaired) electrons. The van der Waals surface area contributed by atoms with E-state index >= 15 is 0 Å². The SMILES string of the molecule is c1ccc(-c2cccc(-c3cc(-c4ccccc4)nc(-n4c5ccc6nc(-c7ccccc7)oc6c5c5cccc(-n6c7ccccc7c7c(-c8ccccc8)cccc76)c54)n3)c2)cc1. The Bertz CT molecular complexity index is 3930. The fourth-order valence-corrected chi connectivity index (χ4v) is 9.67. The molecule has 0 bridgehead atoms. The van der Waals surface area contributed by atoms with Crippen molar-refractivity contribution in [3.8, 4) is 67.9 Å². The predicted octanol–water partition coefficient (Wildman–Crippen LogP) is 15.1. The van der Waals surface area contributed by atoms with Crippen molar-refractivity contribution in [2.24, 2.45) is 0 Å². The molecule has 0 N–H and O–H groups in total. The van der Waals surface area contributed by atoms with Gasteiger partial charge in [0.2, 0.25) is 11.8 Å². The molecule has 65 heavy (non-hydrogen) atoms. The maximum Gasteiger partial charge on any atom is 0.235 e. The molecule has 0 fully saturated rings. The normalized spacial score (nSPS) is 11.7. The van der Waals surface area contributed by atoms with Gasteiger partial charge < -0.3 is 8.98 Å². The van der Waals surface area contributed by atoms with E-state index < -0.39 is 0 Å². The molecule has 9 aromatic carbocycles. The third-order valence-corrected chi connectivity index (χ3v) is 12.6. The Kier molecular flexibility index (Phi) is 8.42. The number of hydrogen-bond donors (Lipinski definition) is 0. The van der Waals surface area contributed by atoms with Gasteiger partial charge in [-0.3, -0.25) is 4.57 Å². The molecule has 0 aliphatic heterocycles. The number of benzene rings is 9. The first-order chi connectivity index (χ1) is 32.2. The minimum absolute atomic E-state index is 0.548. The first-order valence-electron chi connectivity index (χ1n) is 21.9. The van der Waals surface area contributed by atoms with Crippen LogP contribution in [0.25, 0.3) is 123 Å². The summed E-state index contributed by atoms with van der Waals surface area (Å²) < 4.78 is 11.5. The van der Waals surface area contributed by atoms with Gasteiger partial charge >= 0.3 is 0 Å². The van der Waals surface area contributed by atoms with E-state index in [1.54, 1.807) is 0 Å². The maximum atomic E-state index is 6.83. The molecule has 0 aliphatic rings. The smallest absolute Gasteiger partial charge is 0.235 e. The molecule has 0 saturated carbocycles. The topological polar surface area (TPSA) is 61.7 Å². The van der Waals surface area contributed by atoms with Crippen LogP contribution in [0.5, 0.6) is 0 Å². The van der Waals surface area contributed by atoms with E-state index in [1.807, 2.05) is 42.5 Å². The Hall–Kier alpha value is -8.87. The van der Waals surface area contributed by atoms with Crippen LogP contribution in [0.4, 0.5) is 0 Å². The third-order valence-electron chi connectivity index (χ3n) is 12.6. The van der Waals surface area contributed by atoms with Gasteiger partial charge in [-0.1, -0.05) is 170 Å². The molecule has 0 aliphatic carbocycles. The highest BCUT2D eigenvalue weighted by atomic mass is 16.3. The highest BCUT2D eigenvalue weighted by Crippen LogP contribution is 2.44. The molecule has 0 atom stereocenters. The number of para-hydroxylation sites is 2. The zero-order chi connectivity index (χ0) is 42.8. The van der Waals surface area contributed by atoms with Gasteiger partial charge in [0.25, 0.3) is 0 Å². The van der Waals surface area contributed by atoms with Gasteiger partial charge in [-0.05, 0) is 76.9 Å². The van der Waals surface area contributed by atoms with Crippen LogP contribution in [0.3, 0.4) is 0 Å². The maximum absolute atomic E-state index is 6.83. The van der Waals surface area contributed by atoms with Crippen LogP contribution in [0.2, 0.25) is 0 Å². The van der Waals surface area contributed by atoms with Crippen LogP contribution in [-0.2, 0) is 0 Å². The van der Waals surface area contributed by atoms with Crippen molar-refractivity contribution >= 4 is 54.7 Å². The highest BCUT2D eigenvalue weighted by molar-refractivity contribution is 6.22. The van der Waals surface area contributed by atoms with Crippen molar-refractivity contribution in [1.29, 1.82) is 0 Å². The molecule has 6 nitrogen and oxygen atoms in total. The molecular weight excluding hydrogens is 795 g/mol. The van der Waals surface area contributed by atoms with Crippen LogP contribution in [0.1, 0.15) is 0 Å². The van der Waals surface area contributed by atoms with Crippen LogP contribution in [0, 0.1) is 0 Å². The Balaban J connectivity index is 1.15. The van der Waals surface area contributed by atoms with E-state index in [-0.39, 0.29) is 0 Å². The van der Waals surface area contributed by atoms with Gasteiger partial charge in [0.05, 0.1) is 44.5 Å². The summed E-state index contributed by atoms with van der Waals surface area (Å²) in [7, 11) is 0. The summed E-state index contributed by atoms with van der Waals surface area (Å²) in [6, 6.07) is 78.5. The standard InChI is InChI=1S/C59H37N5O/c1-5-18-38(19-6-1)42-26-15-27-43(36-42)49-37-48(40-22-9-3-10-23-40)61-59(62-49)64-52-35-34-47-57(65-58(60-47)41-24-11-4-12-25-41)55(52)46-30-17-33-53(56(46)64)63-50-31-14-13-28-45(50)54-44(29-16-32-51(54)63)39-20-7-2-8-21-39/h1-37H. The highest BCUT2D eigenvalue weighted by Gasteiger charge is 2.26. The Labute approximate surface area is 374 Å². The second kappa shape index (κ2) is 14.9. The van der Waals surface area contributed by atoms with Gasteiger partial charge in [0.15, 0.2) is 5.58 Å². The Morgan fingerprint density at radius 2 is 0.923 bits per heavy atom. The van der Waals surface area contributed by atoms with Crippen molar-refractivity contribution < 1.29 is 4.42 Å². The molecule has 6 heteroatoms. The van der Waals surface area contributed by atoms with E-state index in [9.17, 15) is 0 Å². The zero-order valence-corrected chi connectivity index (χ0v) is 35.0. The summed E-state index contributed by atoms with van der Waals surface area (Å²) in [6.07, 6.45) is 0. The first-order valence-corrected chi connectivity index (χ1v) is 21.9. The summed E-state index contributed by atoms with van der Waals surface area (Å²) in [5, 5.41) is 4.32. The molecule has 0 amide bonds. The minimum Gasteiger partial charge on any atom is -0.435 e. The molecule has 0 saturated heterocycles. The molecule has 0 spiro atoms. The van der Waals surface area contributed by atoms with Gasteiger partial charge in [-0.15, -0.1) is 0 Å². The largest absolute Gasteiger partial charge is 0.435 e. The number of aromatic nitrogens is 5. The number of oxazole rings is 1. The molecule has 13 rings (SSSR count). The molecule has 0 unspecified atom stereocenters. The van der Waals surface area contributed by atoms with E-state index in [1.165, 1.54) is 21.9 Å². The van der Waals surface area contributed by atoms with Crippen LogP contribution >= 0.6 is 0 Å². The minimum atomic E-state index is 0.548. The Morgan fingerprint density at radius 3 is 1.69 bits per heavy atom. The molecule has 4 heterocycles. The fraction of sp³-hybridized carbons (Fsp3) is 0. The number of fused-ring (bicyclic) bond motifs is 8. The second-order valence-electron chi connectivity index (χ2n) is 16.4. The molecule has 304 valence electrons. The number of nitrogens with zero attached hydrogens (tertiary/aromatic N) is 5. The van der Waals surface area contributed by atoms with Gasteiger partial charge in [0.1, 0.15) is 5.52 Å². The number of hydrogen-bond acceptors (Lipinski definition) is 4. The van der Waals surface area contributed by atoms with E-state index in [0.29, 0.717) is 17.4 Å². The molecule has 13 aromatic rings. The van der Waals surface area contributed by atoms with E-state index in [4.69, 9.17) is 19.4 Å². The zero-order valence-electron chi connectivity index (χ0n) is 35.0. The molecular formula is C59H37N5O. The summed E-state index contributed by atoms with van der Waals surface area (Å²) in [5.41, 5.74) is 15.7. The summed E-state index contributed by atoms with van der Waals surface area (Å²) in [5.74, 6) is 1.12. The number of rotatable bonds is 7. The van der Waals surface area contributed by atoms with Crippen LogP contribution in [0.15, 0.2) is 229 Å². The van der Waals surface area contributed by atoms with E-state index in [2.05, 4.69) is 191 Å². The Morgan fingerprint density at radius 1 is 0.354 bits per heavy atom. The van der Waals surface area contributed by atoms with Crippen molar-refractivity contribution in [3.05, 3.63) is 224 Å². The van der Waals surface area contributed by atoms with Crippen molar-refractivity contribution in [1.82, 2.24) is 24.1 Å². The monoisotopic (exact) mass is 831 g/mol. The average Bonchev–Trinajstić information content (AvgIpc) is 4.08. The fourth-order valence-electron chi connectivity index (χ4n) is 9.67. The molecule has 4 aromatic heterocycles. The lowest BCUT2D eigenvalue weighted by molar-refractivity contribution is 0.623. The van der Waals surface area contributed by atoms with Gasteiger partial charge in [-0.25, -0.2) is 15.0 Å². The van der Waals surface area contributed by atoms with Crippen LogP contribution in [-0.4, -0.2) is 24.1 Å². The lowest BCUT2D eigenvalue weighted by Gasteiger charge is -2.15. The quantitative estimate of drug-likeness (QED) is 0.160. The van der Waals surface area contributed by atoms with E-state index in [0.717, 1.165) is 83.2 Å². The lowest BCUT2D eigenvalue weighted by Crippen LogP contribution is -2.06. The lowest BCUT2D eigenvalue weighted by atomic mass is 9.99. The summed E-state index contributed by atoms with van der Waals surface area (Å²) >= 11 is 0. The van der Waals surface area contributed by atoms with Crippen molar-refractivity contribution in [2.75, 3.05) is 0 Å². The van der Waals surface area contributed by atoms with Crippen LogP contribution < -0.4 is 0 Å². The first kappa shape index (κ1) is 36.8. The van der Waals surface area contributed by atoms with Crippen molar-refractivity contribution in [3.63, 3.8) is 0 Å².